The van der Waals surface area contributed by atoms with Gasteiger partial charge in [-0.1, -0.05) is 40.2 Å². The zero-order valence-electron chi connectivity index (χ0n) is 14.1. The van der Waals surface area contributed by atoms with E-state index in [9.17, 15) is 0 Å². The molecule has 2 rings (SSSR count). The SMILES string of the molecule is CC(C)COc1cccc(NC2CCCC(C)(C)CC2)c1. The first-order valence-corrected chi connectivity index (χ1v) is 8.44. The number of ether oxygens (including phenoxy) is 1. The normalized spacial score (nSPS) is 21.9. The summed E-state index contributed by atoms with van der Waals surface area (Å²) in [5, 5.41) is 3.71. The maximum atomic E-state index is 5.82. The van der Waals surface area contributed by atoms with E-state index in [0.717, 1.165) is 12.4 Å². The van der Waals surface area contributed by atoms with E-state index < -0.39 is 0 Å². The van der Waals surface area contributed by atoms with Gasteiger partial charge < -0.3 is 10.1 Å². The lowest BCUT2D eigenvalue weighted by Crippen LogP contribution is -2.19. The van der Waals surface area contributed by atoms with Crippen LogP contribution in [0.4, 0.5) is 5.69 Å². The molecule has 0 heterocycles. The summed E-state index contributed by atoms with van der Waals surface area (Å²) < 4.78 is 5.82. The number of nitrogens with one attached hydrogen (secondary N) is 1. The predicted octanol–water partition coefficient (Wildman–Crippen LogP) is 5.49. The number of anilines is 1. The van der Waals surface area contributed by atoms with Crippen molar-refractivity contribution in [2.24, 2.45) is 11.3 Å². The van der Waals surface area contributed by atoms with E-state index in [2.05, 4.69) is 51.2 Å². The summed E-state index contributed by atoms with van der Waals surface area (Å²) in [6.45, 7) is 9.93. The van der Waals surface area contributed by atoms with Gasteiger partial charge in [0.15, 0.2) is 0 Å². The summed E-state index contributed by atoms with van der Waals surface area (Å²) in [7, 11) is 0. The zero-order chi connectivity index (χ0) is 15.3. The molecule has 1 aliphatic carbocycles. The van der Waals surface area contributed by atoms with Gasteiger partial charge in [0.05, 0.1) is 6.61 Å². The molecule has 0 aliphatic heterocycles. The smallest absolute Gasteiger partial charge is 0.121 e. The van der Waals surface area contributed by atoms with Gasteiger partial charge in [0.25, 0.3) is 0 Å². The summed E-state index contributed by atoms with van der Waals surface area (Å²) in [6.07, 6.45) is 6.54. The monoisotopic (exact) mass is 289 g/mol. The first kappa shape index (κ1) is 16.2. The average molecular weight is 289 g/mol. The quantitative estimate of drug-likeness (QED) is 0.723. The Morgan fingerprint density at radius 1 is 1.24 bits per heavy atom. The van der Waals surface area contributed by atoms with Crippen LogP contribution in [-0.4, -0.2) is 12.6 Å². The fourth-order valence-electron chi connectivity index (χ4n) is 2.98. The van der Waals surface area contributed by atoms with Gasteiger partial charge in [-0.15, -0.1) is 0 Å². The number of benzene rings is 1. The highest BCUT2D eigenvalue weighted by Crippen LogP contribution is 2.34. The lowest BCUT2D eigenvalue weighted by atomic mass is 9.85. The molecule has 0 saturated heterocycles. The molecule has 2 heteroatoms. The maximum Gasteiger partial charge on any atom is 0.121 e. The summed E-state index contributed by atoms with van der Waals surface area (Å²) in [6, 6.07) is 9.02. The number of hydrogen-bond acceptors (Lipinski definition) is 2. The van der Waals surface area contributed by atoms with Gasteiger partial charge in [-0.2, -0.15) is 0 Å². The van der Waals surface area contributed by atoms with Crippen LogP contribution in [0.2, 0.25) is 0 Å². The zero-order valence-corrected chi connectivity index (χ0v) is 14.1. The first-order chi connectivity index (χ1) is 9.94. The molecule has 0 amide bonds. The Bertz CT molecular complexity index is 439. The van der Waals surface area contributed by atoms with E-state index in [1.165, 1.54) is 37.8 Å². The Hall–Kier alpha value is -1.18. The van der Waals surface area contributed by atoms with E-state index in [-0.39, 0.29) is 0 Å². The standard InChI is InChI=1S/C19H31NO/c1-15(2)14-21-18-9-5-7-17(13-18)20-16-8-6-11-19(3,4)12-10-16/h5,7,9,13,15-16,20H,6,8,10-12,14H2,1-4H3. The molecule has 0 spiro atoms. The molecule has 0 bridgehead atoms. The van der Waals surface area contributed by atoms with Gasteiger partial charge in [-0.05, 0) is 49.1 Å². The van der Waals surface area contributed by atoms with Crippen molar-refractivity contribution in [1.29, 1.82) is 0 Å². The minimum Gasteiger partial charge on any atom is -0.493 e. The van der Waals surface area contributed by atoms with Crippen LogP contribution in [0.3, 0.4) is 0 Å². The third-order valence-corrected chi connectivity index (χ3v) is 4.36. The maximum absolute atomic E-state index is 5.82. The van der Waals surface area contributed by atoms with Crippen molar-refractivity contribution in [3.63, 3.8) is 0 Å². The highest BCUT2D eigenvalue weighted by Gasteiger charge is 2.24. The molecule has 1 unspecified atom stereocenters. The molecule has 1 N–H and O–H groups in total. The van der Waals surface area contributed by atoms with Crippen molar-refractivity contribution < 1.29 is 4.74 Å². The van der Waals surface area contributed by atoms with Crippen LogP contribution in [-0.2, 0) is 0 Å². The van der Waals surface area contributed by atoms with Crippen LogP contribution in [0.5, 0.6) is 5.75 Å². The predicted molar refractivity (Wildman–Crippen MR) is 91.1 cm³/mol. The van der Waals surface area contributed by atoms with Gasteiger partial charge in [-0.3, -0.25) is 0 Å². The second-order valence-electron chi connectivity index (χ2n) is 7.67. The molecular formula is C19H31NO. The van der Waals surface area contributed by atoms with Crippen molar-refractivity contribution in [3.8, 4) is 5.75 Å². The molecule has 1 fully saturated rings. The number of rotatable bonds is 5. The van der Waals surface area contributed by atoms with Crippen LogP contribution in [0.15, 0.2) is 24.3 Å². The fourth-order valence-corrected chi connectivity index (χ4v) is 2.98. The lowest BCUT2D eigenvalue weighted by Gasteiger charge is -2.22. The average Bonchev–Trinajstić information content (AvgIpc) is 2.58. The minimum atomic E-state index is 0.513. The van der Waals surface area contributed by atoms with Crippen LogP contribution >= 0.6 is 0 Å². The molecule has 1 aromatic carbocycles. The molecule has 2 nitrogen and oxygen atoms in total. The topological polar surface area (TPSA) is 21.3 Å². The third kappa shape index (κ3) is 5.61. The molecule has 1 atom stereocenters. The lowest BCUT2D eigenvalue weighted by molar-refractivity contribution is 0.271. The van der Waals surface area contributed by atoms with Crippen molar-refractivity contribution in [1.82, 2.24) is 0 Å². The van der Waals surface area contributed by atoms with Crippen LogP contribution in [0, 0.1) is 11.3 Å². The van der Waals surface area contributed by atoms with Gasteiger partial charge >= 0.3 is 0 Å². The van der Waals surface area contributed by atoms with Gasteiger partial charge in [0.1, 0.15) is 5.75 Å². The van der Waals surface area contributed by atoms with Crippen LogP contribution in [0.25, 0.3) is 0 Å². The first-order valence-electron chi connectivity index (χ1n) is 8.44. The molecule has 1 saturated carbocycles. The van der Waals surface area contributed by atoms with E-state index in [4.69, 9.17) is 4.74 Å². The van der Waals surface area contributed by atoms with Crippen molar-refractivity contribution >= 4 is 5.69 Å². The van der Waals surface area contributed by atoms with Crippen LogP contribution in [0.1, 0.15) is 59.8 Å². The van der Waals surface area contributed by atoms with Crippen molar-refractivity contribution in [3.05, 3.63) is 24.3 Å². The van der Waals surface area contributed by atoms with E-state index >= 15 is 0 Å². The third-order valence-electron chi connectivity index (χ3n) is 4.36. The Morgan fingerprint density at radius 2 is 2.05 bits per heavy atom. The van der Waals surface area contributed by atoms with Gasteiger partial charge in [0, 0.05) is 17.8 Å². The molecular weight excluding hydrogens is 258 g/mol. The van der Waals surface area contributed by atoms with E-state index in [1.807, 2.05) is 6.07 Å². The Morgan fingerprint density at radius 3 is 2.81 bits per heavy atom. The summed E-state index contributed by atoms with van der Waals surface area (Å²) in [5.41, 5.74) is 1.71. The van der Waals surface area contributed by atoms with Crippen molar-refractivity contribution in [2.75, 3.05) is 11.9 Å². The molecule has 21 heavy (non-hydrogen) atoms. The summed E-state index contributed by atoms with van der Waals surface area (Å²) >= 11 is 0. The highest BCUT2D eigenvalue weighted by molar-refractivity contribution is 5.48. The molecule has 118 valence electrons. The Kier molecular flexibility index (Phi) is 5.55. The highest BCUT2D eigenvalue weighted by atomic mass is 16.5. The largest absolute Gasteiger partial charge is 0.493 e. The molecule has 0 aromatic heterocycles. The fraction of sp³-hybridized carbons (Fsp3) is 0.684. The summed E-state index contributed by atoms with van der Waals surface area (Å²) in [4.78, 5) is 0. The summed E-state index contributed by atoms with van der Waals surface area (Å²) in [5.74, 6) is 1.54. The van der Waals surface area contributed by atoms with Crippen molar-refractivity contribution in [2.45, 2.75) is 65.8 Å². The van der Waals surface area contributed by atoms with Crippen LogP contribution < -0.4 is 10.1 Å². The number of hydrogen-bond donors (Lipinski definition) is 1. The minimum absolute atomic E-state index is 0.513. The van der Waals surface area contributed by atoms with Gasteiger partial charge in [0.2, 0.25) is 0 Å². The molecule has 1 aromatic rings. The Balaban J connectivity index is 1.91. The Labute approximate surface area is 130 Å². The van der Waals surface area contributed by atoms with E-state index in [1.54, 1.807) is 0 Å². The second-order valence-corrected chi connectivity index (χ2v) is 7.67. The van der Waals surface area contributed by atoms with Gasteiger partial charge in [-0.25, -0.2) is 0 Å². The van der Waals surface area contributed by atoms with E-state index in [0.29, 0.717) is 17.4 Å². The molecule has 0 radical (unpaired) electrons. The molecule has 1 aliphatic rings. The second kappa shape index (κ2) is 7.20.